The number of alkyl carbamates (subject to hydrolysis) is 1. The third-order valence-corrected chi connectivity index (χ3v) is 12.8. The molecule has 1 fully saturated rings. The molecule has 1 saturated heterocycles. The number of nitrogens with one attached hydrogen (secondary N) is 2. The van der Waals surface area contributed by atoms with Crippen LogP contribution in [0.4, 0.5) is 4.79 Å². The van der Waals surface area contributed by atoms with Crippen molar-refractivity contribution in [3.63, 3.8) is 0 Å². The van der Waals surface area contributed by atoms with E-state index in [1.165, 1.54) is 12.0 Å². The van der Waals surface area contributed by atoms with E-state index in [1.54, 1.807) is 0 Å². The molecular formula is C34H43N3O6Si. The van der Waals surface area contributed by atoms with Gasteiger partial charge >= 0.3 is 6.09 Å². The summed E-state index contributed by atoms with van der Waals surface area (Å²) in [4.78, 5) is 39.9. The summed E-state index contributed by atoms with van der Waals surface area (Å²) in [7, 11) is -3.09. The minimum atomic E-state index is -3.09. The Hall–Kier alpha value is -3.99. The first-order valence-electron chi connectivity index (χ1n) is 15.1. The zero-order valence-electron chi connectivity index (χ0n) is 25.9. The smallest absolute Gasteiger partial charge is 0.408 e. The van der Waals surface area contributed by atoms with Crippen LogP contribution in [0.15, 0.2) is 91.0 Å². The monoisotopic (exact) mass is 617 g/mol. The number of nitrogens with zero attached hydrogens (tertiary/aromatic N) is 1. The number of benzene rings is 3. The topological polar surface area (TPSA) is 117 Å². The van der Waals surface area contributed by atoms with Crippen molar-refractivity contribution in [2.24, 2.45) is 0 Å². The highest BCUT2D eigenvalue weighted by Gasteiger charge is 2.53. The second kappa shape index (κ2) is 14.7. The second-order valence-corrected chi connectivity index (χ2v) is 16.4. The number of amides is 3. The normalized spacial score (nSPS) is 17.2. The fourth-order valence-electron chi connectivity index (χ4n) is 5.58. The maximum atomic E-state index is 14.1. The van der Waals surface area contributed by atoms with Gasteiger partial charge in [0.15, 0.2) is 0 Å². The molecule has 3 aromatic rings. The van der Waals surface area contributed by atoms with Gasteiger partial charge in [-0.3, -0.25) is 9.59 Å². The number of hydrogen-bond acceptors (Lipinski definition) is 6. The van der Waals surface area contributed by atoms with E-state index in [0.29, 0.717) is 25.8 Å². The van der Waals surface area contributed by atoms with Crippen molar-refractivity contribution in [1.82, 2.24) is 15.7 Å². The Bertz CT molecular complexity index is 1340. The molecule has 3 atom stereocenters. The Morgan fingerprint density at radius 2 is 1.48 bits per heavy atom. The maximum absolute atomic E-state index is 14.1. The third-order valence-electron chi connectivity index (χ3n) is 7.88. The molecule has 3 N–H and O–H groups in total. The van der Waals surface area contributed by atoms with Crippen LogP contribution < -0.4 is 21.0 Å². The molecule has 0 saturated carbocycles. The molecule has 3 amide bonds. The summed E-state index contributed by atoms with van der Waals surface area (Å²) in [5.74, 6) is -1.04. The van der Waals surface area contributed by atoms with Crippen LogP contribution in [-0.4, -0.2) is 61.1 Å². The molecule has 1 heterocycles. The van der Waals surface area contributed by atoms with E-state index in [9.17, 15) is 19.5 Å². The highest BCUT2D eigenvalue weighted by Crippen LogP contribution is 2.37. The first-order valence-corrected chi connectivity index (χ1v) is 17.0. The summed E-state index contributed by atoms with van der Waals surface area (Å²) < 4.78 is 12.2. The van der Waals surface area contributed by atoms with Crippen LogP contribution >= 0.6 is 0 Å². The van der Waals surface area contributed by atoms with Gasteiger partial charge in [0.05, 0.1) is 6.10 Å². The van der Waals surface area contributed by atoms with Crippen molar-refractivity contribution < 1.29 is 28.8 Å². The van der Waals surface area contributed by atoms with Crippen LogP contribution in [-0.2, 0) is 25.5 Å². The van der Waals surface area contributed by atoms with Gasteiger partial charge in [0.25, 0.3) is 14.2 Å². The van der Waals surface area contributed by atoms with Crippen molar-refractivity contribution in [3.8, 4) is 0 Å². The van der Waals surface area contributed by atoms with Crippen LogP contribution in [0.2, 0.25) is 5.04 Å². The highest BCUT2D eigenvalue weighted by molar-refractivity contribution is 6.99. The fourth-order valence-corrected chi connectivity index (χ4v) is 9.97. The van der Waals surface area contributed by atoms with Gasteiger partial charge in [0.1, 0.15) is 18.7 Å². The Balaban J connectivity index is 1.54. The molecule has 9 nitrogen and oxygen atoms in total. The Morgan fingerprint density at radius 1 is 0.932 bits per heavy atom. The summed E-state index contributed by atoms with van der Waals surface area (Å²) in [6.45, 7) is 8.19. The van der Waals surface area contributed by atoms with Gasteiger partial charge < -0.3 is 25.0 Å². The molecule has 3 aromatic carbocycles. The first-order chi connectivity index (χ1) is 21.0. The molecule has 0 aliphatic carbocycles. The van der Waals surface area contributed by atoms with Gasteiger partial charge in [-0.25, -0.2) is 9.86 Å². The number of carbonyl (C=O) groups excluding carboxylic acids is 3. The van der Waals surface area contributed by atoms with Crippen molar-refractivity contribution in [1.29, 1.82) is 0 Å². The number of rotatable bonds is 10. The SMILES string of the molecule is C[C@@H](O)[C@H](NC(=O)OCc1ccccc1)C(=O)N[C@H]1CCCCN(O[Si](c2ccccc2)(c2ccccc2)C(C)(C)C)C1=O. The molecule has 0 spiro atoms. The van der Waals surface area contributed by atoms with Crippen molar-refractivity contribution >= 4 is 36.6 Å². The lowest BCUT2D eigenvalue weighted by atomic mass is 10.1. The van der Waals surface area contributed by atoms with Crippen LogP contribution in [0.5, 0.6) is 0 Å². The standard InChI is InChI=1S/C34H43N3O6Si/c1-25(38)30(36-33(41)42-24-26-16-8-5-9-17-26)31(39)35-29-22-14-15-23-37(32(29)40)43-44(34(2,3)4,27-18-10-6-11-19-27)28-20-12-7-13-21-28/h5-13,16-21,25,29-30,38H,14-15,22-24H2,1-4H3,(H,35,39)(H,36,41)/t25-,29+,30+/m1/s1. The molecule has 0 bridgehead atoms. The van der Waals surface area contributed by atoms with E-state index >= 15 is 0 Å². The van der Waals surface area contributed by atoms with Gasteiger partial charge in [0.2, 0.25) is 5.91 Å². The molecule has 1 aliphatic rings. The summed E-state index contributed by atoms with van der Waals surface area (Å²) in [5, 5.41) is 18.7. The third kappa shape index (κ3) is 7.74. The largest absolute Gasteiger partial charge is 0.445 e. The Morgan fingerprint density at radius 3 is 2.00 bits per heavy atom. The predicted octanol–water partition coefficient (Wildman–Crippen LogP) is 3.65. The average Bonchev–Trinajstić information content (AvgIpc) is 3.18. The molecular weight excluding hydrogens is 574 g/mol. The fraction of sp³-hybridized carbons (Fsp3) is 0.382. The molecule has 4 rings (SSSR count). The van der Waals surface area contributed by atoms with E-state index in [2.05, 4.69) is 55.7 Å². The summed E-state index contributed by atoms with van der Waals surface area (Å²) in [6, 6.07) is 27.0. The lowest BCUT2D eigenvalue weighted by molar-refractivity contribution is -0.162. The molecule has 1 aliphatic heterocycles. The molecule has 0 aromatic heterocycles. The quantitative estimate of drug-likeness (QED) is 0.299. The highest BCUT2D eigenvalue weighted by atomic mass is 28.4. The van der Waals surface area contributed by atoms with Gasteiger partial charge in [-0.15, -0.1) is 0 Å². The molecule has 0 radical (unpaired) electrons. The average molecular weight is 618 g/mol. The number of aliphatic hydroxyl groups excluding tert-OH is 1. The zero-order valence-corrected chi connectivity index (χ0v) is 26.9. The van der Waals surface area contributed by atoms with Crippen LogP contribution in [0.25, 0.3) is 0 Å². The lowest BCUT2D eigenvalue weighted by Crippen LogP contribution is -2.69. The number of aliphatic hydroxyl groups is 1. The van der Waals surface area contributed by atoms with Gasteiger partial charge in [-0.2, -0.15) is 0 Å². The van der Waals surface area contributed by atoms with E-state index in [0.717, 1.165) is 15.9 Å². The summed E-state index contributed by atoms with van der Waals surface area (Å²) >= 11 is 0. The summed E-state index contributed by atoms with van der Waals surface area (Å²) in [5.41, 5.74) is 0.783. The van der Waals surface area contributed by atoms with Gasteiger partial charge in [0, 0.05) is 6.54 Å². The minimum absolute atomic E-state index is 0.0104. The number of hydroxylamine groups is 2. The van der Waals surface area contributed by atoms with Crippen LogP contribution in [0.3, 0.4) is 0 Å². The van der Waals surface area contributed by atoms with Crippen molar-refractivity contribution in [2.75, 3.05) is 6.54 Å². The van der Waals surface area contributed by atoms with E-state index in [1.807, 2.05) is 66.7 Å². The molecule has 234 valence electrons. The van der Waals surface area contributed by atoms with Crippen LogP contribution in [0, 0.1) is 0 Å². The van der Waals surface area contributed by atoms with Crippen molar-refractivity contribution in [3.05, 3.63) is 96.6 Å². The lowest BCUT2D eigenvalue weighted by Gasteiger charge is -2.45. The van der Waals surface area contributed by atoms with E-state index in [-0.39, 0.29) is 17.6 Å². The molecule has 44 heavy (non-hydrogen) atoms. The van der Waals surface area contributed by atoms with Gasteiger partial charge in [-0.05, 0) is 47.2 Å². The van der Waals surface area contributed by atoms with E-state index < -0.39 is 38.5 Å². The summed E-state index contributed by atoms with van der Waals surface area (Å²) in [6.07, 6.45) is -0.303. The molecule has 10 heteroatoms. The Kier molecular flexibility index (Phi) is 11.0. The molecule has 0 unspecified atom stereocenters. The van der Waals surface area contributed by atoms with Gasteiger partial charge in [-0.1, -0.05) is 112 Å². The predicted molar refractivity (Wildman–Crippen MR) is 171 cm³/mol. The van der Waals surface area contributed by atoms with Crippen LogP contribution in [0.1, 0.15) is 52.5 Å². The minimum Gasteiger partial charge on any atom is -0.445 e. The Labute approximate surface area is 260 Å². The first kappa shape index (κ1) is 32.9. The van der Waals surface area contributed by atoms with Crippen molar-refractivity contribution in [2.45, 2.75) is 76.8 Å². The number of hydrogen-bond donors (Lipinski definition) is 3. The number of ether oxygens (including phenoxy) is 1. The zero-order chi connectivity index (χ0) is 31.7. The maximum Gasteiger partial charge on any atom is 0.408 e. The second-order valence-electron chi connectivity index (χ2n) is 12.2. The van der Waals surface area contributed by atoms with E-state index in [4.69, 9.17) is 9.26 Å². The number of carbonyl (C=O) groups is 3.